The highest BCUT2D eigenvalue weighted by molar-refractivity contribution is 6.31. The van der Waals surface area contributed by atoms with Crippen LogP contribution in [0.1, 0.15) is 31.3 Å². The van der Waals surface area contributed by atoms with Crippen LogP contribution in [0.5, 0.6) is 5.75 Å². The third kappa shape index (κ3) is 4.39. The van der Waals surface area contributed by atoms with Crippen LogP contribution in [-0.4, -0.2) is 23.0 Å². The second-order valence-electron chi connectivity index (χ2n) is 6.31. The van der Waals surface area contributed by atoms with Crippen molar-refractivity contribution in [3.05, 3.63) is 57.0 Å². The van der Waals surface area contributed by atoms with E-state index in [0.717, 1.165) is 11.1 Å². The molecule has 0 saturated carbocycles. The number of ether oxygens (including phenoxy) is 3. The molecule has 1 fully saturated rings. The minimum absolute atomic E-state index is 0.0556. The molecule has 2 heterocycles. The van der Waals surface area contributed by atoms with Gasteiger partial charge in [-0.2, -0.15) is 5.10 Å². The molecular formula is C18H21ClN2O4. The molecule has 7 heteroatoms. The van der Waals surface area contributed by atoms with Gasteiger partial charge in [-0.3, -0.25) is 4.79 Å². The molecule has 6 nitrogen and oxygen atoms in total. The highest BCUT2D eigenvalue weighted by Gasteiger charge is 2.18. The van der Waals surface area contributed by atoms with Crippen molar-refractivity contribution in [2.75, 3.05) is 13.2 Å². The number of hydrogen-bond donors (Lipinski definition) is 0. The Hall–Kier alpha value is -1.89. The number of aromatic nitrogens is 2. The molecule has 0 N–H and O–H groups in total. The number of halogens is 1. The molecular weight excluding hydrogens is 344 g/mol. The Kier molecular flexibility index (Phi) is 5.73. The first-order chi connectivity index (χ1) is 12.0. The van der Waals surface area contributed by atoms with E-state index in [2.05, 4.69) is 5.10 Å². The van der Waals surface area contributed by atoms with Gasteiger partial charge in [0.15, 0.2) is 17.1 Å². The molecule has 3 rings (SSSR count). The van der Waals surface area contributed by atoms with Crippen molar-refractivity contribution in [1.82, 2.24) is 9.78 Å². The Morgan fingerprint density at radius 1 is 1.28 bits per heavy atom. The van der Waals surface area contributed by atoms with Gasteiger partial charge in [0.2, 0.25) is 0 Å². The summed E-state index contributed by atoms with van der Waals surface area (Å²) in [5.41, 5.74) is 1.58. The largest absolute Gasteiger partial charge is 0.485 e. The maximum Gasteiger partial charge on any atom is 0.289 e. The lowest BCUT2D eigenvalue weighted by Gasteiger charge is -2.12. The molecule has 134 valence electrons. The van der Waals surface area contributed by atoms with E-state index in [1.807, 2.05) is 38.1 Å². The summed E-state index contributed by atoms with van der Waals surface area (Å²) < 4.78 is 17.9. The van der Waals surface area contributed by atoms with Gasteiger partial charge < -0.3 is 14.2 Å². The van der Waals surface area contributed by atoms with Gasteiger partial charge in [0.25, 0.3) is 5.56 Å². The van der Waals surface area contributed by atoms with Gasteiger partial charge in [-0.1, -0.05) is 49.7 Å². The SMILES string of the molecule is CC(C)Cn1ncc(OCc2ccc(C3OCCO3)cc2)c(Cl)c1=O. The van der Waals surface area contributed by atoms with Gasteiger partial charge in [-0.25, -0.2) is 4.68 Å². The molecule has 2 aromatic rings. The van der Waals surface area contributed by atoms with E-state index in [1.165, 1.54) is 10.9 Å². The second-order valence-corrected chi connectivity index (χ2v) is 6.69. The monoisotopic (exact) mass is 364 g/mol. The second kappa shape index (κ2) is 7.99. The van der Waals surface area contributed by atoms with Gasteiger partial charge in [0, 0.05) is 12.1 Å². The summed E-state index contributed by atoms with van der Waals surface area (Å²) in [5, 5.41) is 4.18. The van der Waals surface area contributed by atoms with Crippen LogP contribution in [0.15, 0.2) is 35.3 Å². The molecule has 1 saturated heterocycles. The molecule has 0 amide bonds. The average molecular weight is 365 g/mol. The van der Waals surface area contributed by atoms with Gasteiger partial charge in [-0.05, 0) is 11.5 Å². The molecule has 0 aliphatic carbocycles. The van der Waals surface area contributed by atoms with Crippen LogP contribution in [0.3, 0.4) is 0 Å². The predicted molar refractivity (Wildman–Crippen MR) is 93.8 cm³/mol. The molecule has 25 heavy (non-hydrogen) atoms. The number of nitrogens with zero attached hydrogens (tertiary/aromatic N) is 2. The highest BCUT2D eigenvalue weighted by atomic mass is 35.5. The van der Waals surface area contributed by atoms with E-state index in [0.29, 0.717) is 38.0 Å². The zero-order valence-electron chi connectivity index (χ0n) is 14.3. The molecule has 1 aromatic heterocycles. The van der Waals surface area contributed by atoms with Crippen molar-refractivity contribution in [3.63, 3.8) is 0 Å². The average Bonchev–Trinajstić information content (AvgIpc) is 3.13. The van der Waals surface area contributed by atoms with Crippen molar-refractivity contribution in [2.45, 2.75) is 33.3 Å². The summed E-state index contributed by atoms with van der Waals surface area (Å²) in [6.45, 7) is 6.07. The fourth-order valence-corrected chi connectivity index (χ4v) is 2.71. The summed E-state index contributed by atoms with van der Waals surface area (Å²) in [7, 11) is 0. The first kappa shape index (κ1) is 17.9. The summed E-state index contributed by atoms with van der Waals surface area (Å²) in [6.07, 6.45) is 1.20. The molecule has 1 aromatic carbocycles. The first-order valence-electron chi connectivity index (χ1n) is 8.25. The molecule has 0 unspecified atom stereocenters. The third-order valence-electron chi connectivity index (χ3n) is 3.76. The Balaban J connectivity index is 1.65. The Morgan fingerprint density at radius 3 is 2.60 bits per heavy atom. The molecule has 0 bridgehead atoms. The Morgan fingerprint density at radius 2 is 1.96 bits per heavy atom. The van der Waals surface area contributed by atoms with Gasteiger partial charge in [0.05, 0.1) is 19.4 Å². The maximum atomic E-state index is 12.2. The third-order valence-corrected chi connectivity index (χ3v) is 4.11. The Bertz CT molecular complexity index is 768. The zero-order chi connectivity index (χ0) is 17.8. The highest BCUT2D eigenvalue weighted by Crippen LogP contribution is 2.24. The fourth-order valence-electron chi connectivity index (χ4n) is 2.51. The smallest absolute Gasteiger partial charge is 0.289 e. The van der Waals surface area contributed by atoms with Gasteiger partial charge in [-0.15, -0.1) is 0 Å². The van der Waals surface area contributed by atoms with Crippen LogP contribution in [0.2, 0.25) is 5.02 Å². The van der Waals surface area contributed by atoms with Crippen LogP contribution in [0.4, 0.5) is 0 Å². The minimum Gasteiger partial charge on any atom is -0.485 e. The van der Waals surface area contributed by atoms with Crippen molar-refractivity contribution in [3.8, 4) is 5.75 Å². The number of hydrogen-bond acceptors (Lipinski definition) is 5. The van der Waals surface area contributed by atoms with Crippen LogP contribution < -0.4 is 10.3 Å². The van der Waals surface area contributed by atoms with E-state index < -0.39 is 0 Å². The van der Waals surface area contributed by atoms with Crippen LogP contribution in [0.25, 0.3) is 0 Å². The van der Waals surface area contributed by atoms with Crippen molar-refractivity contribution >= 4 is 11.6 Å². The van der Waals surface area contributed by atoms with Crippen LogP contribution >= 0.6 is 11.6 Å². The standard InChI is InChI=1S/C18H21ClN2O4/c1-12(2)10-21-17(22)16(19)15(9-20-21)25-11-13-3-5-14(6-4-13)18-23-7-8-24-18/h3-6,9,12,18H,7-8,10-11H2,1-2H3. The van der Waals surface area contributed by atoms with E-state index in [9.17, 15) is 4.79 Å². The fraction of sp³-hybridized carbons (Fsp3) is 0.444. The van der Waals surface area contributed by atoms with Crippen molar-refractivity contribution in [1.29, 1.82) is 0 Å². The molecule has 1 aliphatic heterocycles. The lowest BCUT2D eigenvalue weighted by molar-refractivity contribution is -0.0441. The molecule has 0 spiro atoms. The van der Waals surface area contributed by atoms with E-state index >= 15 is 0 Å². The summed E-state index contributed by atoms with van der Waals surface area (Å²) >= 11 is 6.13. The number of benzene rings is 1. The summed E-state index contributed by atoms with van der Waals surface area (Å²) in [6, 6.07) is 7.74. The van der Waals surface area contributed by atoms with Crippen LogP contribution in [-0.2, 0) is 22.6 Å². The normalized spacial score (nSPS) is 15.0. The first-order valence-corrected chi connectivity index (χ1v) is 8.63. The predicted octanol–water partition coefficient (Wildman–Crippen LogP) is 3.18. The zero-order valence-corrected chi connectivity index (χ0v) is 15.0. The lowest BCUT2D eigenvalue weighted by Crippen LogP contribution is -2.25. The van der Waals surface area contributed by atoms with E-state index in [1.54, 1.807) is 0 Å². The summed E-state index contributed by atoms with van der Waals surface area (Å²) in [4.78, 5) is 12.2. The van der Waals surface area contributed by atoms with E-state index in [-0.39, 0.29) is 16.9 Å². The molecule has 0 radical (unpaired) electrons. The summed E-state index contributed by atoms with van der Waals surface area (Å²) in [5.74, 6) is 0.595. The topological polar surface area (TPSA) is 62.6 Å². The molecule has 0 atom stereocenters. The minimum atomic E-state index is -0.334. The quantitative estimate of drug-likeness (QED) is 0.787. The van der Waals surface area contributed by atoms with Crippen molar-refractivity contribution in [2.24, 2.45) is 5.92 Å². The van der Waals surface area contributed by atoms with Gasteiger partial charge in [0.1, 0.15) is 6.61 Å². The van der Waals surface area contributed by atoms with E-state index in [4.69, 9.17) is 25.8 Å². The van der Waals surface area contributed by atoms with Gasteiger partial charge >= 0.3 is 0 Å². The maximum absolute atomic E-state index is 12.2. The lowest BCUT2D eigenvalue weighted by atomic mass is 10.1. The van der Waals surface area contributed by atoms with Crippen LogP contribution in [0, 0.1) is 5.92 Å². The number of rotatable bonds is 6. The Labute approximate surface area is 151 Å². The molecule has 1 aliphatic rings. The van der Waals surface area contributed by atoms with Crippen molar-refractivity contribution < 1.29 is 14.2 Å².